The fourth-order valence-corrected chi connectivity index (χ4v) is 5.52. The van der Waals surface area contributed by atoms with Gasteiger partial charge in [-0.25, -0.2) is 4.39 Å². The summed E-state index contributed by atoms with van der Waals surface area (Å²) in [4.78, 5) is 20.7. The molecule has 0 spiro atoms. The number of amides is 1. The van der Waals surface area contributed by atoms with Crippen molar-refractivity contribution in [3.63, 3.8) is 0 Å². The van der Waals surface area contributed by atoms with Crippen molar-refractivity contribution in [2.45, 2.75) is 18.5 Å². The molecule has 3 heterocycles. The molecule has 2 aliphatic heterocycles. The summed E-state index contributed by atoms with van der Waals surface area (Å²) >= 11 is 11.9. The number of thiocarbonyl (C=S) groups is 1. The predicted molar refractivity (Wildman–Crippen MR) is 127 cm³/mol. The number of nitrogens with zero attached hydrogens (tertiary/aromatic N) is 2. The molecule has 158 valence electrons. The van der Waals surface area contributed by atoms with Crippen LogP contribution in [0.15, 0.2) is 72.8 Å². The van der Waals surface area contributed by atoms with Crippen molar-refractivity contribution in [2.24, 2.45) is 0 Å². The van der Waals surface area contributed by atoms with E-state index in [0.29, 0.717) is 17.2 Å². The van der Waals surface area contributed by atoms with Crippen LogP contribution in [0.5, 0.6) is 0 Å². The van der Waals surface area contributed by atoms with Crippen molar-refractivity contribution in [3.8, 4) is 0 Å². The summed E-state index contributed by atoms with van der Waals surface area (Å²) in [6, 6.07) is 21.7. The minimum absolute atomic E-state index is 0.0428. The number of anilines is 1. The summed E-state index contributed by atoms with van der Waals surface area (Å²) in [5, 5.41) is 1.46. The minimum atomic E-state index is -0.533. The van der Waals surface area contributed by atoms with Gasteiger partial charge in [-0.15, -0.1) is 0 Å². The summed E-state index contributed by atoms with van der Waals surface area (Å²) < 4.78 is 13.8. The monoisotopic (exact) mass is 461 g/mol. The number of rotatable bonds is 2. The first-order chi connectivity index (χ1) is 15.5. The molecule has 1 aromatic heterocycles. The zero-order valence-corrected chi connectivity index (χ0v) is 18.3. The highest BCUT2D eigenvalue weighted by atomic mass is 35.5. The van der Waals surface area contributed by atoms with Crippen molar-refractivity contribution in [3.05, 3.63) is 100 Å². The molecular formula is C25H17ClFN3OS. The number of H-pyrrole nitrogens is 1. The average Bonchev–Trinajstić information content (AvgIpc) is 3.30. The van der Waals surface area contributed by atoms with Crippen molar-refractivity contribution in [2.75, 3.05) is 4.90 Å². The van der Waals surface area contributed by atoms with E-state index in [9.17, 15) is 9.18 Å². The molecule has 0 radical (unpaired) electrons. The van der Waals surface area contributed by atoms with Crippen LogP contribution in [0.2, 0.25) is 5.02 Å². The predicted octanol–water partition coefficient (Wildman–Crippen LogP) is 5.61. The molecule has 1 saturated heterocycles. The molecular weight excluding hydrogens is 445 g/mol. The van der Waals surface area contributed by atoms with Crippen LogP contribution in [0.3, 0.4) is 0 Å². The SMILES string of the molecule is O=C1[C@@H]2Cc3c([nH]c4ccccc34)[C@@H](c3ccccc3)N2C(=S)N1c1ccc(F)c(Cl)c1. The Hall–Kier alpha value is -3.22. The number of halogens is 2. The molecule has 6 rings (SSSR count). The molecule has 3 aromatic carbocycles. The molecule has 32 heavy (non-hydrogen) atoms. The van der Waals surface area contributed by atoms with Crippen molar-refractivity contribution in [1.29, 1.82) is 0 Å². The van der Waals surface area contributed by atoms with Gasteiger partial charge in [0.15, 0.2) is 5.11 Å². The Labute approximate surface area is 194 Å². The first-order valence-corrected chi connectivity index (χ1v) is 11.1. The van der Waals surface area contributed by atoms with Crippen LogP contribution in [0.1, 0.15) is 22.9 Å². The van der Waals surface area contributed by atoms with Crippen LogP contribution >= 0.6 is 23.8 Å². The smallest absolute Gasteiger partial charge is 0.256 e. The molecule has 0 bridgehead atoms. The van der Waals surface area contributed by atoms with Crippen molar-refractivity contribution >= 4 is 51.4 Å². The number of aromatic amines is 1. The molecule has 4 aromatic rings. The lowest BCUT2D eigenvalue weighted by atomic mass is 9.89. The quantitative estimate of drug-likeness (QED) is 0.394. The summed E-state index contributed by atoms with van der Waals surface area (Å²) in [6.45, 7) is 0. The van der Waals surface area contributed by atoms with E-state index in [-0.39, 0.29) is 17.0 Å². The number of para-hydroxylation sites is 1. The summed E-state index contributed by atoms with van der Waals surface area (Å²) in [5.41, 5.74) is 4.73. The van der Waals surface area contributed by atoms with E-state index < -0.39 is 11.9 Å². The second kappa shape index (κ2) is 7.15. The van der Waals surface area contributed by atoms with Gasteiger partial charge >= 0.3 is 0 Å². The molecule has 1 amide bonds. The third-order valence-electron chi connectivity index (χ3n) is 6.33. The number of fused-ring (bicyclic) bond motifs is 4. The van der Waals surface area contributed by atoms with Crippen molar-refractivity contribution < 1.29 is 9.18 Å². The molecule has 0 unspecified atom stereocenters. The van der Waals surface area contributed by atoms with E-state index >= 15 is 0 Å². The van der Waals surface area contributed by atoms with Crippen LogP contribution in [0.25, 0.3) is 10.9 Å². The lowest BCUT2D eigenvalue weighted by Gasteiger charge is -2.37. The maximum absolute atomic E-state index is 13.8. The Bertz CT molecular complexity index is 1400. The van der Waals surface area contributed by atoms with Gasteiger partial charge in [0.25, 0.3) is 5.91 Å². The number of benzene rings is 3. The fraction of sp³-hybridized carbons (Fsp3) is 0.120. The summed E-state index contributed by atoms with van der Waals surface area (Å²) in [6.07, 6.45) is 0.535. The van der Waals surface area contributed by atoms with Crippen molar-refractivity contribution in [1.82, 2.24) is 9.88 Å². The molecule has 2 atom stereocenters. The maximum atomic E-state index is 13.8. The van der Waals surface area contributed by atoms with E-state index in [1.807, 2.05) is 53.4 Å². The largest absolute Gasteiger partial charge is 0.356 e. The Kier molecular flexibility index (Phi) is 4.35. The Balaban J connectivity index is 1.54. The normalized spacial score (nSPS) is 20.1. The number of hydrogen-bond acceptors (Lipinski definition) is 2. The average molecular weight is 462 g/mol. The second-order valence-electron chi connectivity index (χ2n) is 8.06. The molecule has 2 aliphatic rings. The van der Waals surface area contributed by atoms with E-state index in [0.717, 1.165) is 27.7 Å². The second-order valence-corrected chi connectivity index (χ2v) is 8.83. The topological polar surface area (TPSA) is 39.3 Å². The van der Waals surface area contributed by atoms with Gasteiger partial charge < -0.3 is 9.88 Å². The van der Waals surface area contributed by atoms with Gasteiger partial charge in [0.05, 0.1) is 16.8 Å². The van der Waals surface area contributed by atoms with Gasteiger partial charge in [-0.2, -0.15) is 0 Å². The van der Waals surface area contributed by atoms with Crippen LogP contribution in [-0.4, -0.2) is 26.9 Å². The summed E-state index contributed by atoms with van der Waals surface area (Å²) in [7, 11) is 0. The van der Waals surface area contributed by atoms with Crippen LogP contribution < -0.4 is 4.90 Å². The van der Waals surface area contributed by atoms with E-state index in [4.69, 9.17) is 23.8 Å². The molecule has 4 nitrogen and oxygen atoms in total. The zero-order valence-electron chi connectivity index (χ0n) is 16.8. The number of carbonyl (C=O) groups is 1. The first kappa shape index (κ1) is 19.5. The standard InChI is InChI=1S/C25H17ClFN3OS/c26-18-12-15(10-11-19(18)27)29-24(31)21-13-17-16-8-4-5-9-20(16)28-22(17)23(30(21)25(29)32)14-6-2-1-3-7-14/h1-12,21,23,28H,13H2/t21-,23+/m0/s1. The van der Waals surface area contributed by atoms with Gasteiger partial charge in [0, 0.05) is 23.0 Å². The van der Waals surface area contributed by atoms with Gasteiger partial charge in [0.2, 0.25) is 0 Å². The number of hydrogen-bond donors (Lipinski definition) is 1. The lowest BCUT2D eigenvalue weighted by molar-refractivity contribution is -0.120. The summed E-state index contributed by atoms with van der Waals surface area (Å²) in [5.74, 6) is -0.663. The van der Waals surface area contributed by atoms with Crippen LogP contribution in [0, 0.1) is 5.82 Å². The third-order valence-corrected chi connectivity index (χ3v) is 7.01. The van der Waals surface area contributed by atoms with Gasteiger partial charge in [-0.3, -0.25) is 9.69 Å². The van der Waals surface area contributed by atoms with Gasteiger partial charge in [0.1, 0.15) is 11.9 Å². The molecule has 1 N–H and O–H groups in total. The molecule has 0 aliphatic carbocycles. The highest BCUT2D eigenvalue weighted by Crippen LogP contribution is 2.45. The first-order valence-electron chi connectivity index (χ1n) is 10.3. The van der Waals surface area contributed by atoms with Gasteiger partial charge in [-0.1, -0.05) is 60.1 Å². The number of aromatic nitrogens is 1. The Morgan fingerprint density at radius 3 is 2.56 bits per heavy atom. The molecule has 7 heteroatoms. The maximum Gasteiger partial charge on any atom is 0.256 e. The minimum Gasteiger partial charge on any atom is -0.356 e. The lowest BCUT2D eigenvalue weighted by Crippen LogP contribution is -2.44. The Morgan fingerprint density at radius 1 is 1.03 bits per heavy atom. The highest BCUT2D eigenvalue weighted by molar-refractivity contribution is 7.80. The molecule has 1 fully saturated rings. The fourth-order valence-electron chi connectivity index (χ4n) is 4.92. The van der Waals surface area contributed by atoms with E-state index in [1.54, 1.807) is 0 Å². The Morgan fingerprint density at radius 2 is 1.78 bits per heavy atom. The van der Waals surface area contributed by atoms with E-state index in [1.165, 1.54) is 23.1 Å². The highest BCUT2D eigenvalue weighted by Gasteiger charge is 2.51. The number of nitrogens with one attached hydrogen (secondary N) is 1. The van der Waals surface area contributed by atoms with E-state index in [2.05, 4.69) is 11.1 Å². The van der Waals surface area contributed by atoms with Gasteiger partial charge in [-0.05, 0) is 47.6 Å². The van der Waals surface area contributed by atoms with Crippen LogP contribution in [-0.2, 0) is 11.2 Å². The van der Waals surface area contributed by atoms with Crippen LogP contribution in [0.4, 0.5) is 10.1 Å². The zero-order chi connectivity index (χ0) is 22.0. The third kappa shape index (κ3) is 2.73. The number of carbonyl (C=O) groups excluding carboxylic acids is 1. The molecule has 0 saturated carbocycles.